The minimum absolute atomic E-state index is 0.162. The van der Waals surface area contributed by atoms with Crippen molar-refractivity contribution < 1.29 is 27.1 Å². The van der Waals surface area contributed by atoms with Crippen LogP contribution >= 0.6 is 0 Å². The van der Waals surface area contributed by atoms with Gasteiger partial charge in [-0.1, -0.05) is 29.8 Å². The monoisotopic (exact) mass is 460 g/mol. The SMILES string of the molecule is Cc1ccc(S(=O)(=O)N2CCN(C(=O)COC(=O)C=Cc3cccc(F)c3)CC2)c(C)c1. The Kier molecular flexibility index (Phi) is 7.42. The molecule has 0 aliphatic carbocycles. The molecule has 1 amide bonds. The highest BCUT2D eigenvalue weighted by atomic mass is 32.2. The lowest BCUT2D eigenvalue weighted by molar-refractivity contribution is -0.148. The van der Waals surface area contributed by atoms with E-state index in [1.807, 2.05) is 13.0 Å². The first kappa shape index (κ1) is 23.6. The zero-order chi connectivity index (χ0) is 23.3. The van der Waals surface area contributed by atoms with E-state index < -0.39 is 34.3 Å². The number of carbonyl (C=O) groups is 2. The number of amides is 1. The third-order valence-electron chi connectivity index (χ3n) is 5.14. The number of rotatable bonds is 6. The molecule has 3 rings (SSSR count). The van der Waals surface area contributed by atoms with E-state index in [2.05, 4.69) is 0 Å². The molecule has 0 unspecified atom stereocenters. The molecule has 0 bridgehead atoms. The Hall–Kier alpha value is -3.04. The summed E-state index contributed by atoms with van der Waals surface area (Å²) >= 11 is 0. The number of nitrogens with zero attached hydrogens (tertiary/aromatic N) is 2. The van der Waals surface area contributed by atoms with Gasteiger partial charge in [-0.15, -0.1) is 0 Å². The van der Waals surface area contributed by atoms with Gasteiger partial charge in [0.2, 0.25) is 10.0 Å². The number of aryl methyl sites for hydroxylation is 2. The fourth-order valence-electron chi connectivity index (χ4n) is 3.45. The van der Waals surface area contributed by atoms with E-state index in [0.29, 0.717) is 11.1 Å². The average Bonchev–Trinajstić information content (AvgIpc) is 2.76. The number of piperazine rings is 1. The number of esters is 1. The Bertz CT molecular complexity index is 1140. The van der Waals surface area contributed by atoms with Gasteiger partial charge >= 0.3 is 5.97 Å². The second kappa shape index (κ2) is 10.1. The van der Waals surface area contributed by atoms with Crippen molar-refractivity contribution in [3.8, 4) is 0 Å². The Balaban J connectivity index is 1.50. The molecule has 1 fully saturated rings. The summed E-state index contributed by atoms with van der Waals surface area (Å²) in [5.41, 5.74) is 2.16. The Morgan fingerprint density at radius 1 is 1.06 bits per heavy atom. The van der Waals surface area contributed by atoms with E-state index in [9.17, 15) is 22.4 Å². The van der Waals surface area contributed by atoms with E-state index in [-0.39, 0.29) is 31.1 Å². The first-order valence-corrected chi connectivity index (χ1v) is 11.6. The predicted octanol–water partition coefficient (Wildman–Crippen LogP) is 2.53. The van der Waals surface area contributed by atoms with E-state index in [1.54, 1.807) is 25.1 Å². The maximum atomic E-state index is 13.1. The molecule has 2 aromatic rings. The number of hydrogen-bond acceptors (Lipinski definition) is 5. The summed E-state index contributed by atoms with van der Waals surface area (Å²) in [6, 6.07) is 10.9. The van der Waals surface area contributed by atoms with Crippen LogP contribution in [0.1, 0.15) is 16.7 Å². The smallest absolute Gasteiger partial charge is 0.331 e. The highest BCUT2D eigenvalue weighted by molar-refractivity contribution is 7.89. The van der Waals surface area contributed by atoms with Gasteiger partial charge in [0.05, 0.1) is 4.90 Å². The van der Waals surface area contributed by atoms with Crippen LogP contribution in [0.4, 0.5) is 4.39 Å². The van der Waals surface area contributed by atoms with Crippen LogP contribution in [0.5, 0.6) is 0 Å². The molecule has 0 spiro atoms. The lowest BCUT2D eigenvalue weighted by Crippen LogP contribution is -2.51. The lowest BCUT2D eigenvalue weighted by atomic mass is 10.2. The molecule has 0 atom stereocenters. The van der Waals surface area contributed by atoms with Crippen LogP contribution in [0.15, 0.2) is 53.4 Å². The van der Waals surface area contributed by atoms with E-state index >= 15 is 0 Å². The van der Waals surface area contributed by atoms with Crippen LogP contribution in [0.3, 0.4) is 0 Å². The molecule has 9 heteroatoms. The van der Waals surface area contributed by atoms with E-state index in [1.165, 1.54) is 33.5 Å². The number of halogens is 1. The summed E-state index contributed by atoms with van der Waals surface area (Å²) in [4.78, 5) is 25.9. The van der Waals surface area contributed by atoms with Gasteiger partial charge in [-0.25, -0.2) is 17.6 Å². The van der Waals surface area contributed by atoms with Crippen molar-refractivity contribution in [1.29, 1.82) is 0 Å². The van der Waals surface area contributed by atoms with Gasteiger partial charge in [0.15, 0.2) is 6.61 Å². The van der Waals surface area contributed by atoms with Gasteiger partial charge in [0.1, 0.15) is 5.82 Å². The van der Waals surface area contributed by atoms with Crippen molar-refractivity contribution in [2.75, 3.05) is 32.8 Å². The maximum Gasteiger partial charge on any atom is 0.331 e. The molecule has 0 N–H and O–H groups in total. The van der Waals surface area contributed by atoms with E-state index in [0.717, 1.165) is 11.6 Å². The predicted molar refractivity (Wildman–Crippen MR) is 118 cm³/mol. The minimum atomic E-state index is -3.65. The molecule has 32 heavy (non-hydrogen) atoms. The molecule has 2 aromatic carbocycles. The summed E-state index contributed by atoms with van der Waals surface area (Å²) in [5, 5.41) is 0. The number of benzene rings is 2. The quantitative estimate of drug-likeness (QED) is 0.489. The fourth-order valence-corrected chi connectivity index (χ4v) is 5.08. The molecule has 1 saturated heterocycles. The normalized spacial score (nSPS) is 15.2. The van der Waals surface area contributed by atoms with E-state index in [4.69, 9.17) is 4.74 Å². The van der Waals surface area contributed by atoms with Crippen molar-refractivity contribution in [1.82, 2.24) is 9.21 Å². The molecule has 1 aliphatic heterocycles. The molecule has 170 valence electrons. The first-order chi connectivity index (χ1) is 15.2. The Morgan fingerprint density at radius 3 is 2.44 bits per heavy atom. The summed E-state index contributed by atoms with van der Waals surface area (Å²) in [5.74, 6) is -1.55. The second-order valence-electron chi connectivity index (χ2n) is 7.55. The van der Waals surface area contributed by atoms with Gasteiger partial charge in [0.25, 0.3) is 5.91 Å². The van der Waals surface area contributed by atoms with Crippen LogP contribution in [-0.2, 0) is 24.3 Å². The van der Waals surface area contributed by atoms with Gasteiger partial charge in [-0.05, 0) is 49.2 Å². The highest BCUT2D eigenvalue weighted by Crippen LogP contribution is 2.22. The van der Waals surface area contributed by atoms with Gasteiger partial charge < -0.3 is 9.64 Å². The number of sulfonamides is 1. The highest BCUT2D eigenvalue weighted by Gasteiger charge is 2.31. The van der Waals surface area contributed by atoms with Crippen molar-refractivity contribution in [3.63, 3.8) is 0 Å². The molecular weight excluding hydrogens is 435 g/mol. The fraction of sp³-hybridized carbons (Fsp3) is 0.304. The van der Waals surface area contributed by atoms with Crippen LogP contribution in [0.2, 0.25) is 0 Å². The summed E-state index contributed by atoms with van der Waals surface area (Å²) in [6.45, 7) is 3.95. The third kappa shape index (κ3) is 5.80. The van der Waals surface area contributed by atoms with Crippen LogP contribution in [-0.4, -0.2) is 62.3 Å². The molecule has 1 heterocycles. The lowest BCUT2D eigenvalue weighted by Gasteiger charge is -2.34. The number of hydrogen-bond donors (Lipinski definition) is 0. The van der Waals surface area contributed by atoms with Crippen molar-refractivity contribution in [2.24, 2.45) is 0 Å². The molecular formula is C23H25FN2O5S. The summed E-state index contributed by atoms with van der Waals surface area (Å²) < 4.78 is 45.3. The van der Waals surface area contributed by atoms with Crippen molar-refractivity contribution in [3.05, 3.63) is 71.0 Å². The van der Waals surface area contributed by atoms with Crippen molar-refractivity contribution >= 4 is 28.0 Å². The molecule has 0 aromatic heterocycles. The Morgan fingerprint density at radius 2 is 1.78 bits per heavy atom. The van der Waals surface area contributed by atoms with Crippen LogP contribution < -0.4 is 0 Å². The topological polar surface area (TPSA) is 84.0 Å². The second-order valence-corrected chi connectivity index (χ2v) is 9.46. The Labute approximate surface area is 187 Å². The molecule has 7 nitrogen and oxygen atoms in total. The van der Waals surface area contributed by atoms with Gasteiger partial charge in [-0.2, -0.15) is 4.31 Å². The van der Waals surface area contributed by atoms with Crippen LogP contribution in [0, 0.1) is 19.7 Å². The summed E-state index contributed by atoms with van der Waals surface area (Å²) in [7, 11) is -3.65. The van der Waals surface area contributed by atoms with Gasteiger partial charge in [-0.3, -0.25) is 4.79 Å². The largest absolute Gasteiger partial charge is 0.452 e. The first-order valence-electron chi connectivity index (χ1n) is 10.1. The molecule has 1 aliphatic rings. The standard InChI is InChI=1S/C23H25FN2O5S/c1-17-6-8-21(18(2)14-17)32(29,30)26-12-10-25(11-13-26)22(27)16-31-23(28)9-7-19-4-3-5-20(24)15-19/h3-9,14-15H,10-13,16H2,1-2H3. The molecule has 0 radical (unpaired) electrons. The van der Waals surface area contributed by atoms with Gasteiger partial charge in [0, 0.05) is 32.3 Å². The maximum absolute atomic E-state index is 13.1. The minimum Gasteiger partial charge on any atom is -0.452 e. The summed E-state index contributed by atoms with van der Waals surface area (Å²) in [6.07, 6.45) is 2.52. The van der Waals surface area contributed by atoms with Crippen LogP contribution in [0.25, 0.3) is 6.08 Å². The zero-order valence-corrected chi connectivity index (χ0v) is 18.8. The zero-order valence-electron chi connectivity index (χ0n) is 18.0. The average molecular weight is 461 g/mol. The number of ether oxygens (including phenoxy) is 1. The number of carbonyl (C=O) groups excluding carboxylic acids is 2. The van der Waals surface area contributed by atoms with Crippen molar-refractivity contribution in [2.45, 2.75) is 18.7 Å². The molecule has 0 saturated carbocycles. The third-order valence-corrected chi connectivity index (χ3v) is 7.20.